The molecular weight excluding hydrogens is 382 g/mol. The van der Waals surface area contributed by atoms with Crippen LogP contribution in [-0.2, 0) is 0 Å². The van der Waals surface area contributed by atoms with Crippen molar-refractivity contribution in [1.29, 1.82) is 0 Å². The molecular formula is C13H17ClFIN2O. The molecule has 0 aromatic heterocycles. The van der Waals surface area contributed by atoms with E-state index < -0.39 is 0 Å². The minimum Gasteiger partial charge on any atom is -0.348 e. The van der Waals surface area contributed by atoms with Gasteiger partial charge in [-0.1, -0.05) is 0 Å². The molecule has 1 saturated heterocycles. The fraction of sp³-hybridized carbons (Fsp3) is 0.462. The van der Waals surface area contributed by atoms with Gasteiger partial charge in [0.25, 0.3) is 5.91 Å². The number of amides is 1. The smallest absolute Gasteiger partial charge is 0.252 e. The Balaban J connectivity index is 0.00000180. The third-order valence-electron chi connectivity index (χ3n) is 3.25. The molecule has 106 valence electrons. The lowest BCUT2D eigenvalue weighted by Crippen LogP contribution is -2.52. The predicted octanol–water partition coefficient (Wildman–Crippen LogP) is 2.72. The molecule has 0 bridgehead atoms. The molecule has 2 unspecified atom stereocenters. The number of piperidine rings is 1. The van der Waals surface area contributed by atoms with Crippen molar-refractivity contribution in [3.8, 4) is 0 Å². The maximum absolute atomic E-state index is 13.0. The van der Waals surface area contributed by atoms with Crippen LogP contribution < -0.4 is 10.6 Å². The molecule has 1 aromatic rings. The molecule has 1 aliphatic heterocycles. The Morgan fingerprint density at radius 1 is 1.53 bits per heavy atom. The highest BCUT2D eigenvalue weighted by atomic mass is 127. The van der Waals surface area contributed by atoms with Crippen molar-refractivity contribution in [1.82, 2.24) is 10.6 Å². The van der Waals surface area contributed by atoms with E-state index in [-0.39, 0.29) is 36.2 Å². The van der Waals surface area contributed by atoms with E-state index in [1.807, 2.05) is 22.6 Å². The fourth-order valence-corrected chi connectivity index (χ4v) is 2.88. The summed E-state index contributed by atoms with van der Waals surface area (Å²) in [6, 6.07) is 4.65. The molecule has 0 radical (unpaired) electrons. The summed E-state index contributed by atoms with van der Waals surface area (Å²) < 4.78 is 13.6. The first-order valence-corrected chi connectivity index (χ1v) is 7.15. The second-order valence-electron chi connectivity index (χ2n) is 4.59. The van der Waals surface area contributed by atoms with Crippen molar-refractivity contribution >= 4 is 40.9 Å². The summed E-state index contributed by atoms with van der Waals surface area (Å²) in [5.74, 6) is -0.441. The summed E-state index contributed by atoms with van der Waals surface area (Å²) in [5, 5.41) is 6.35. The Labute approximate surface area is 132 Å². The van der Waals surface area contributed by atoms with Crippen LogP contribution in [0.25, 0.3) is 0 Å². The topological polar surface area (TPSA) is 41.1 Å². The van der Waals surface area contributed by atoms with E-state index in [0.29, 0.717) is 9.13 Å². The second kappa shape index (κ2) is 7.40. The number of hydrogen-bond acceptors (Lipinski definition) is 2. The molecule has 2 rings (SSSR count). The van der Waals surface area contributed by atoms with Crippen LogP contribution in [0.5, 0.6) is 0 Å². The standard InChI is InChI=1S/C13H16FIN2O.ClH/c1-8-12(3-2-6-16-8)17-13(18)10-5-4-9(14)7-11(10)15;/h4-5,7-8,12,16H,2-3,6H2,1H3,(H,17,18);1H. The van der Waals surface area contributed by atoms with Gasteiger partial charge >= 0.3 is 0 Å². The summed E-state index contributed by atoms with van der Waals surface area (Å²) in [6.07, 6.45) is 2.05. The zero-order valence-electron chi connectivity index (χ0n) is 10.6. The largest absolute Gasteiger partial charge is 0.348 e. The first kappa shape index (κ1) is 16.7. The van der Waals surface area contributed by atoms with Crippen molar-refractivity contribution in [2.24, 2.45) is 0 Å². The SMILES string of the molecule is CC1NCCCC1NC(=O)c1ccc(F)cc1I.Cl. The lowest BCUT2D eigenvalue weighted by molar-refractivity contribution is 0.0919. The van der Waals surface area contributed by atoms with Gasteiger partial charge in [0.05, 0.1) is 5.56 Å². The van der Waals surface area contributed by atoms with E-state index in [1.54, 1.807) is 0 Å². The van der Waals surface area contributed by atoms with Gasteiger partial charge in [-0.15, -0.1) is 12.4 Å². The van der Waals surface area contributed by atoms with Gasteiger partial charge in [0.2, 0.25) is 0 Å². The molecule has 6 heteroatoms. The van der Waals surface area contributed by atoms with Gasteiger partial charge in [-0.2, -0.15) is 0 Å². The Morgan fingerprint density at radius 2 is 2.26 bits per heavy atom. The summed E-state index contributed by atoms with van der Waals surface area (Å²) in [4.78, 5) is 12.1. The average molecular weight is 399 g/mol. The van der Waals surface area contributed by atoms with Crippen molar-refractivity contribution in [2.45, 2.75) is 31.8 Å². The molecule has 1 aromatic carbocycles. The molecule has 1 heterocycles. The first-order chi connectivity index (χ1) is 8.58. The quantitative estimate of drug-likeness (QED) is 0.752. The van der Waals surface area contributed by atoms with Crippen molar-refractivity contribution in [3.05, 3.63) is 33.1 Å². The van der Waals surface area contributed by atoms with E-state index in [4.69, 9.17) is 0 Å². The highest BCUT2D eigenvalue weighted by molar-refractivity contribution is 14.1. The molecule has 2 N–H and O–H groups in total. The number of rotatable bonds is 2. The lowest BCUT2D eigenvalue weighted by Gasteiger charge is -2.30. The van der Waals surface area contributed by atoms with Crippen LogP contribution in [0.1, 0.15) is 30.1 Å². The Hall–Kier alpha value is -0.400. The Morgan fingerprint density at radius 3 is 2.89 bits per heavy atom. The molecule has 0 aliphatic carbocycles. The van der Waals surface area contributed by atoms with Crippen LogP contribution in [0.2, 0.25) is 0 Å². The van der Waals surface area contributed by atoms with Crippen LogP contribution in [0.3, 0.4) is 0 Å². The van der Waals surface area contributed by atoms with Gasteiger partial charge in [0, 0.05) is 15.7 Å². The number of benzene rings is 1. The summed E-state index contributed by atoms with van der Waals surface area (Å²) in [7, 11) is 0. The van der Waals surface area contributed by atoms with Crippen molar-refractivity contribution < 1.29 is 9.18 Å². The number of carbonyl (C=O) groups is 1. The van der Waals surface area contributed by atoms with E-state index in [2.05, 4.69) is 17.6 Å². The fourth-order valence-electron chi connectivity index (χ4n) is 2.16. The summed E-state index contributed by atoms with van der Waals surface area (Å²) >= 11 is 1.98. The summed E-state index contributed by atoms with van der Waals surface area (Å²) in [6.45, 7) is 3.07. The predicted molar refractivity (Wildman–Crippen MR) is 84.3 cm³/mol. The first-order valence-electron chi connectivity index (χ1n) is 6.07. The molecule has 1 aliphatic rings. The third-order valence-corrected chi connectivity index (χ3v) is 4.15. The molecule has 1 fully saturated rings. The molecule has 1 amide bonds. The van der Waals surface area contributed by atoms with Gasteiger partial charge in [0.1, 0.15) is 5.82 Å². The maximum atomic E-state index is 13.0. The van der Waals surface area contributed by atoms with Crippen LogP contribution >= 0.6 is 35.0 Å². The number of halogens is 3. The minimum absolute atomic E-state index is 0. The second-order valence-corrected chi connectivity index (χ2v) is 5.75. The van der Waals surface area contributed by atoms with Gasteiger partial charge < -0.3 is 10.6 Å². The van der Waals surface area contributed by atoms with E-state index in [0.717, 1.165) is 19.4 Å². The minimum atomic E-state index is -0.316. The average Bonchev–Trinajstić information content (AvgIpc) is 2.32. The monoisotopic (exact) mass is 398 g/mol. The number of carbonyl (C=O) groups excluding carboxylic acids is 1. The van der Waals surface area contributed by atoms with E-state index >= 15 is 0 Å². The maximum Gasteiger partial charge on any atom is 0.252 e. The molecule has 3 nitrogen and oxygen atoms in total. The normalized spacial score (nSPS) is 22.5. The zero-order valence-corrected chi connectivity index (χ0v) is 13.6. The molecule has 2 atom stereocenters. The van der Waals surface area contributed by atoms with Crippen LogP contribution in [-0.4, -0.2) is 24.5 Å². The number of hydrogen-bond donors (Lipinski definition) is 2. The lowest BCUT2D eigenvalue weighted by atomic mass is 9.99. The van der Waals surface area contributed by atoms with Crippen molar-refractivity contribution in [3.63, 3.8) is 0 Å². The Bertz CT molecular complexity index is 458. The van der Waals surface area contributed by atoms with E-state index in [9.17, 15) is 9.18 Å². The zero-order chi connectivity index (χ0) is 13.1. The molecule has 0 spiro atoms. The van der Waals surface area contributed by atoms with Crippen LogP contribution in [0, 0.1) is 9.39 Å². The van der Waals surface area contributed by atoms with Gasteiger partial charge in [-0.3, -0.25) is 4.79 Å². The molecule has 0 saturated carbocycles. The van der Waals surface area contributed by atoms with E-state index in [1.165, 1.54) is 18.2 Å². The number of nitrogens with one attached hydrogen (secondary N) is 2. The van der Waals surface area contributed by atoms with Gasteiger partial charge in [-0.25, -0.2) is 4.39 Å². The van der Waals surface area contributed by atoms with Gasteiger partial charge in [-0.05, 0) is 67.1 Å². The highest BCUT2D eigenvalue weighted by Crippen LogP contribution is 2.15. The highest BCUT2D eigenvalue weighted by Gasteiger charge is 2.23. The van der Waals surface area contributed by atoms with Crippen LogP contribution in [0.4, 0.5) is 4.39 Å². The Kier molecular flexibility index (Phi) is 6.49. The van der Waals surface area contributed by atoms with Crippen molar-refractivity contribution in [2.75, 3.05) is 6.54 Å². The van der Waals surface area contributed by atoms with Gasteiger partial charge in [0.15, 0.2) is 0 Å². The van der Waals surface area contributed by atoms with Crippen LogP contribution in [0.15, 0.2) is 18.2 Å². The molecule has 19 heavy (non-hydrogen) atoms. The summed E-state index contributed by atoms with van der Waals surface area (Å²) in [5.41, 5.74) is 0.537. The third kappa shape index (κ3) is 4.29.